The maximum atomic E-state index is 11.3. The zero-order chi connectivity index (χ0) is 9.26. The van der Waals surface area contributed by atoms with Crippen molar-refractivity contribution in [1.82, 2.24) is 4.98 Å². The van der Waals surface area contributed by atoms with E-state index in [1.165, 1.54) is 0 Å². The van der Waals surface area contributed by atoms with E-state index in [-0.39, 0.29) is 18.0 Å². The van der Waals surface area contributed by atoms with Crippen LogP contribution in [0.1, 0.15) is 0 Å². The van der Waals surface area contributed by atoms with Crippen LogP contribution < -0.4 is 16.8 Å². The lowest BCUT2D eigenvalue weighted by Gasteiger charge is -2.00. The van der Waals surface area contributed by atoms with Crippen molar-refractivity contribution < 1.29 is 0 Å². The summed E-state index contributed by atoms with van der Waals surface area (Å²) in [6.07, 6.45) is 1.62. The third-order valence-corrected chi connectivity index (χ3v) is 1.94. The summed E-state index contributed by atoms with van der Waals surface area (Å²) in [5.41, 5.74) is 3.23. The fraction of sp³-hybridized carbons (Fsp3) is 0. The van der Waals surface area contributed by atoms with Gasteiger partial charge in [-0.05, 0) is 29.7 Å². The Balaban J connectivity index is 0.000000980. The van der Waals surface area contributed by atoms with Crippen molar-refractivity contribution in [3.8, 4) is 0 Å². The first kappa shape index (κ1) is 10.6. The summed E-state index contributed by atoms with van der Waals surface area (Å²) in [5, 5.41) is 1.54. The number of halogens is 1. The van der Waals surface area contributed by atoms with Crippen LogP contribution in [0.2, 0.25) is 0 Å². The molecule has 0 saturated carbocycles. The first-order chi connectivity index (χ1) is 6.31. The molecule has 0 unspecified atom stereocenters. The van der Waals surface area contributed by atoms with Crippen LogP contribution in [-0.2, 0) is 0 Å². The molecule has 1 aromatic heterocycles. The molecule has 2 aromatic rings. The number of hydrazine groups is 1. The molecule has 0 spiro atoms. The molecule has 1 aromatic carbocycles. The van der Waals surface area contributed by atoms with E-state index in [1.807, 2.05) is 12.1 Å². The predicted octanol–water partition coefficient (Wildman–Crippen LogP) is 1.24. The zero-order valence-electron chi connectivity index (χ0n) is 7.28. The van der Waals surface area contributed by atoms with Gasteiger partial charge >= 0.3 is 0 Å². The van der Waals surface area contributed by atoms with E-state index in [4.69, 9.17) is 5.84 Å². The minimum absolute atomic E-state index is 0. The molecule has 0 aliphatic carbocycles. The molecule has 5 heteroatoms. The molecule has 4 nitrogen and oxygen atoms in total. The first-order valence-corrected chi connectivity index (χ1v) is 3.89. The number of hydrogen-bond acceptors (Lipinski definition) is 3. The molecule has 0 bridgehead atoms. The van der Waals surface area contributed by atoms with Crippen molar-refractivity contribution in [2.24, 2.45) is 5.84 Å². The normalized spacial score (nSPS) is 9.50. The van der Waals surface area contributed by atoms with Gasteiger partial charge in [0.15, 0.2) is 0 Å². The molecule has 14 heavy (non-hydrogen) atoms. The summed E-state index contributed by atoms with van der Waals surface area (Å²) in [7, 11) is 0. The molecule has 4 N–H and O–H groups in total. The standard InChI is InChI=1S/C9H9N3O.ClH/c10-12-7-1-2-8-6(5-7)3-4-11-9(8)13;/h1-5,12H,10H2,(H,11,13);1H. The van der Waals surface area contributed by atoms with Gasteiger partial charge in [-0.3, -0.25) is 10.6 Å². The van der Waals surface area contributed by atoms with E-state index < -0.39 is 0 Å². The van der Waals surface area contributed by atoms with E-state index in [1.54, 1.807) is 18.3 Å². The van der Waals surface area contributed by atoms with Crippen LogP contribution in [0, 0.1) is 0 Å². The maximum Gasteiger partial charge on any atom is 0.255 e. The second-order valence-electron chi connectivity index (χ2n) is 2.75. The Labute approximate surface area is 86.5 Å². The highest BCUT2D eigenvalue weighted by Crippen LogP contribution is 2.14. The molecule has 74 valence electrons. The van der Waals surface area contributed by atoms with Gasteiger partial charge in [-0.1, -0.05) is 0 Å². The van der Waals surface area contributed by atoms with Gasteiger partial charge in [-0.2, -0.15) is 0 Å². The van der Waals surface area contributed by atoms with Crippen molar-refractivity contribution in [2.45, 2.75) is 0 Å². The fourth-order valence-electron chi connectivity index (χ4n) is 1.28. The van der Waals surface area contributed by atoms with Crippen LogP contribution >= 0.6 is 12.4 Å². The molecular formula is C9H10ClN3O. The summed E-state index contributed by atoms with van der Waals surface area (Å²) in [5.74, 6) is 5.24. The number of aromatic nitrogens is 1. The highest BCUT2D eigenvalue weighted by atomic mass is 35.5. The molecular weight excluding hydrogens is 202 g/mol. The number of nitrogens with two attached hydrogens (primary N) is 1. The minimum Gasteiger partial charge on any atom is -0.329 e. The summed E-state index contributed by atoms with van der Waals surface area (Å²) in [6, 6.07) is 7.16. The SMILES string of the molecule is Cl.NNc1ccc2c(=O)[nH]ccc2c1. The van der Waals surface area contributed by atoms with Crippen molar-refractivity contribution in [2.75, 3.05) is 5.43 Å². The van der Waals surface area contributed by atoms with Gasteiger partial charge in [0, 0.05) is 17.3 Å². The minimum atomic E-state index is -0.0823. The Hall–Kier alpha value is -1.52. The summed E-state index contributed by atoms with van der Waals surface area (Å²) >= 11 is 0. The van der Waals surface area contributed by atoms with Crippen molar-refractivity contribution in [3.05, 3.63) is 40.8 Å². The van der Waals surface area contributed by atoms with Gasteiger partial charge in [0.1, 0.15) is 0 Å². The lowest BCUT2D eigenvalue weighted by Crippen LogP contribution is -2.08. The van der Waals surface area contributed by atoms with Gasteiger partial charge in [0.2, 0.25) is 0 Å². The predicted molar refractivity (Wildman–Crippen MR) is 59.6 cm³/mol. The topological polar surface area (TPSA) is 70.9 Å². The average molecular weight is 212 g/mol. The monoisotopic (exact) mass is 211 g/mol. The number of H-pyrrole nitrogens is 1. The van der Waals surface area contributed by atoms with E-state index >= 15 is 0 Å². The Morgan fingerprint density at radius 2 is 2.07 bits per heavy atom. The van der Waals surface area contributed by atoms with Crippen LogP contribution in [0.25, 0.3) is 10.8 Å². The van der Waals surface area contributed by atoms with Crippen LogP contribution in [0.5, 0.6) is 0 Å². The lowest BCUT2D eigenvalue weighted by molar-refractivity contribution is 1.27. The molecule has 0 fully saturated rings. The molecule has 0 atom stereocenters. The fourth-order valence-corrected chi connectivity index (χ4v) is 1.28. The summed E-state index contributed by atoms with van der Waals surface area (Å²) in [6.45, 7) is 0. The van der Waals surface area contributed by atoms with E-state index in [9.17, 15) is 4.79 Å². The highest BCUT2D eigenvalue weighted by molar-refractivity contribution is 5.85. The Bertz CT molecular complexity index is 495. The van der Waals surface area contributed by atoms with E-state index in [2.05, 4.69) is 10.4 Å². The van der Waals surface area contributed by atoms with E-state index in [0.29, 0.717) is 5.39 Å². The third kappa shape index (κ3) is 1.71. The Morgan fingerprint density at radius 3 is 2.79 bits per heavy atom. The second-order valence-corrected chi connectivity index (χ2v) is 2.75. The number of rotatable bonds is 1. The maximum absolute atomic E-state index is 11.3. The highest BCUT2D eigenvalue weighted by Gasteiger charge is 1.97. The number of anilines is 1. The number of nitrogens with one attached hydrogen (secondary N) is 2. The van der Waals surface area contributed by atoms with Gasteiger partial charge in [0.05, 0.1) is 0 Å². The number of fused-ring (bicyclic) bond motifs is 1. The van der Waals surface area contributed by atoms with Crippen LogP contribution in [0.15, 0.2) is 35.3 Å². The van der Waals surface area contributed by atoms with Crippen molar-refractivity contribution >= 4 is 28.9 Å². The number of pyridine rings is 1. The third-order valence-electron chi connectivity index (χ3n) is 1.94. The largest absolute Gasteiger partial charge is 0.329 e. The van der Waals surface area contributed by atoms with Crippen LogP contribution in [0.4, 0.5) is 5.69 Å². The molecule has 2 rings (SSSR count). The van der Waals surface area contributed by atoms with Crippen LogP contribution in [0.3, 0.4) is 0 Å². The smallest absolute Gasteiger partial charge is 0.255 e. The number of nitrogen functional groups attached to an aromatic ring is 1. The first-order valence-electron chi connectivity index (χ1n) is 3.89. The Kier molecular flexibility index (Phi) is 3.11. The molecule has 0 aliphatic heterocycles. The summed E-state index contributed by atoms with van der Waals surface area (Å²) in [4.78, 5) is 13.9. The quantitative estimate of drug-likeness (QED) is 0.491. The molecule has 0 radical (unpaired) electrons. The average Bonchev–Trinajstić information content (AvgIpc) is 2.18. The van der Waals surface area contributed by atoms with Crippen molar-refractivity contribution in [1.29, 1.82) is 0 Å². The number of benzene rings is 1. The zero-order valence-corrected chi connectivity index (χ0v) is 8.10. The Morgan fingerprint density at radius 1 is 1.29 bits per heavy atom. The van der Waals surface area contributed by atoms with Gasteiger partial charge in [-0.15, -0.1) is 12.4 Å². The molecule has 0 saturated heterocycles. The molecule has 0 amide bonds. The second kappa shape index (κ2) is 4.13. The summed E-state index contributed by atoms with van der Waals surface area (Å²) < 4.78 is 0. The molecule has 0 aliphatic rings. The van der Waals surface area contributed by atoms with E-state index in [0.717, 1.165) is 11.1 Å². The van der Waals surface area contributed by atoms with Crippen molar-refractivity contribution in [3.63, 3.8) is 0 Å². The lowest BCUT2D eigenvalue weighted by atomic mass is 10.1. The molecule has 1 heterocycles. The van der Waals surface area contributed by atoms with Gasteiger partial charge in [-0.25, -0.2) is 0 Å². The number of aromatic amines is 1. The van der Waals surface area contributed by atoms with Crippen LogP contribution in [-0.4, -0.2) is 4.98 Å². The van der Waals surface area contributed by atoms with Gasteiger partial charge in [0.25, 0.3) is 5.56 Å². The number of hydrogen-bond donors (Lipinski definition) is 3. The van der Waals surface area contributed by atoms with Gasteiger partial charge < -0.3 is 10.4 Å².